The van der Waals surface area contributed by atoms with Crippen molar-refractivity contribution in [2.75, 3.05) is 0 Å². The quantitative estimate of drug-likeness (QED) is 0.420. The van der Waals surface area contributed by atoms with Crippen molar-refractivity contribution >= 4 is 51.4 Å². The van der Waals surface area contributed by atoms with E-state index in [1.165, 1.54) is 6.20 Å². The lowest BCUT2D eigenvalue weighted by atomic mass is 10.0. The number of carbonyl (C=O) groups excluding carboxylic acids is 1. The molecule has 12 heteroatoms. The fourth-order valence-corrected chi connectivity index (χ4v) is 3.77. The molecule has 0 aliphatic heterocycles. The number of hydrogen-bond acceptors (Lipinski definition) is 6. The molecule has 5 aromatic rings. The van der Waals surface area contributed by atoms with Gasteiger partial charge in [-0.3, -0.25) is 14.1 Å². The number of H-pyrrole nitrogens is 1. The van der Waals surface area contributed by atoms with Crippen LogP contribution in [0.1, 0.15) is 10.4 Å². The first kappa shape index (κ1) is 19.2. The zero-order valence-electron chi connectivity index (χ0n) is 15.8. The van der Waals surface area contributed by atoms with Crippen LogP contribution in [0.2, 0.25) is 10.2 Å². The molecule has 0 aliphatic rings. The molecular formula is C19H13Cl2N7O3. The number of nitrogens with zero attached hydrogens (tertiary/aromatic N) is 5. The molecule has 10 nitrogen and oxygen atoms in total. The van der Waals surface area contributed by atoms with Gasteiger partial charge in [0, 0.05) is 18.0 Å². The zero-order chi connectivity index (χ0) is 21.7. The summed E-state index contributed by atoms with van der Waals surface area (Å²) in [7, 11) is 1.73. The second-order valence-electron chi connectivity index (χ2n) is 6.57. The third kappa shape index (κ3) is 3.13. The van der Waals surface area contributed by atoms with Crippen molar-refractivity contribution in [1.82, 2.24) is 29.8 Å². The third-order valence-electron chi connectivity index (χ3n) is 4.66. The summed E-state index contributed by atoms with van der Waals surface area (Å²) in [6.07, 6.45) is 1.35. The molecule has 0 bridgehead atoms. The van der Waals surface area contributed by atoms with Crippen molar-refractivity contribution in [1.29, 1.82) is 0 Å². The first-order valence-electron chi connectivity index (χ1n) is 8.92. The van der Waals surface area contributed by atoms with Crippen LogP contribution >= 0.6 is 23.2 Å². The van der Waals surface area contributed by atoms with Crippen LogP contribution in [0.5, 0.6) is 0 Å². The number of hydrogen-bond donors (Lipinski definition) is 2. The Morgan fingerprint density at radius 1 is 1.19 bits per heavy atom. The van der Waals surface area contributed by atoms with Crippen LogP contribution in [0.25, 0.3) is 39.2 Å². The molecule has 156 valence electrons. The normalized spacial score (nSPS) is 11.3. The molecule has 2 aromatic carbocycles. The van der Waals surface area contributed by atoms with Gasteiger partial charge in [-0.25, -0.2) is 9.97 Å². The Labute approximate surface area is 183 Å². The van der Waals surface area contributed by atoms with Gasteiger partial charge in [0.15, 0.2) is 0 Å². The number of aryl methyl sites for hydroxylation is 1. The van der Waals surface area contributed by atoms with Crippen molar-refractivity contribution in [3.8, 4) is 16.9 Å². The largest absolute Gasteiger partial charge is 0.366 e. The molecule has 31 heavy (non-hydrogen) atoms. The lowest BCUT2D eigenvalue weighted by Gasteiger charge is -2.09. The number of amides is 1. The number of fused-ring (bicyclic) bond motifs is 2. The molecule has 0 saturated heterocycles. The second kappa shape index (κ2) is 7.18. The predicted molar refractivity (Wildman–Crippen MR) is 114 cm³/mol. The van der Waals surface area contributed by atoms with Crippen LogP contribution in [0.15, 0.2) is 51.7 Å². The second-order valence-corrected chi connectivity index (χ2v) is 7.33. The smallest absolute Gasteiger partial charge is 0.296 e. The van der Waals surface area contributed by atoms with Crippen molar-refractivity contribution < 1.29 is 13.9 Å². The number of carbonyl (C=O) groups is 1. The van der Waals surface area contributed by atoms with Gasteiger partial charge in [0.1, 0.15) is 16.5 Å². The van der Waals surface area contributed by atoms with Crippen LogP contribution in [0, 0.1) is 0 Å². The van der Waals surface area contributed by atoms with Crippen LogP contribution in [-0.4, -0.2) is 35.7 Å². The monoisotopic (exact) mass is 457 g/mol. The molecule has 0 spiro atoms. The van der Waals surface area contributed by atoms with E-state index in [0.29, 0.717) is 33.0 Å². The van der Waals surface area contributed by atoms with Gasteiger partial charge in [0.05, 0.1) is 22.3 Å². The number of halogens is 2. The number of nitrogens with two attached hydrogens (primary N) is 1. The summed E-state index contributed by atoms with van der Waals surface area (Å²) in [6, 6.07) is 10.5. The molecule has 3 heterocycles. The molecule has 5 rings (SSSR count). The highest BCUT2D eigenvalue weighted by atomic mass is 35.5. The lowest BCUT2D eigenvalue weighted by Crippen LogP contribution is -2.12. The molecule has 0 unspecified atom stereocenters. The van der Waals surface area contributed by atoms with E-state index in [-0.39, 0.29) is 16.5 Å². The first-order chi connectivity index (χ1) is 14.9. The summed E-state index contributed by atoms with van der Waals surface area (Å²) >= 11 is 12.5. The van der Waals surface area contributed by atoms with Crippen LogP contribution in [0.4, 0.5) is 0 Å². The summed E-state index contributed by atoms with van der Waals surface area (Å²) < 4.78 is 12.6. The van der Waals surface area contributed by atoms with Crippen molar-refractivity contribution in [2.45, 2.75) is 0 Å². The van der Waals surface area contributed by atoms with Gasteiger partial charge < -0.3 is 10.3 Å². The summed E-state index contributed by atoms with van der Waals surface area (Å²) in [5.41, 5.74) is 8.45. The van der Waals surface area contributed by atoms with Gasteiger partial charge in [0.25, 0.3) is 11.6 Å². The number of aromatic amines is 1. The minimum Gasteiger partial charge on any atom is -0.366 e. The average Bonchev–Trinajstić information content (AvgIpc) is 3.10. The van der Waals surface area contributed by atoms with Gasteiger partial charge in [-0.1, -0.05) is 47.5 Å². The van der Waals surface area contributed by atoms with Gasteiger partial charge in [-0.05, 0) is 17.0 Å². The van der Waals surface area contributed by atoms with Crippen LogP contribution < -0.4 is 5.73 Å². The maximum atomic E-state index is 11.9. The molecule has 0 radical (unpaired) electrons. The Kier molecular flexibility index (Phi) is 4.45. The fourth-order valence-electron chi connectivity index (χ4n) is 3.35. The highest BCUT2D eigenvalue weighted by Gasteiger charge is 2.20. The molecule has 1 amide bonds. The maximum absolute atomic E-state index is 11.9. The molecule has 3 aromatic heterocycles. The van der Waals surface area contributed by atoms with Crippen LogP contribution in [0.3, 0.4) is 0 Å². The van der Waals surface area contributed by atoms with E-state index < -0.39 is 5.91 Å². The van der Waals surface area contributed by atoms with Gasteiger partial charge >= 0.3 is 0 Å². The molecule has 0 aliphatic carbocycles. The van der Waals surface area contributed by atoms with E-state index in [1.54, 1.807) is 42.1 Å². The topological polar surface area (TPSA) is 134 Å². The maximum Gasteiger partial charge on any atom is 0.296 e. The zero-order valence-corrected chi connectivity index (χ0v) is 17.3. The Bertz CT molecular complexity index is 1520. The standard InChI is InChI=1S/C19H13Cl2N7O3/c1-27-16-10(5-2-6-11(16)17(22)29)15(25-27)9-4-3-7-12(14(9)21)28-30-19-18(26-31-28)24-13(20)8-23-19/h2-8H,1H3,(H2,22,29)(H,24,26). The highest BCUT2D eigenvalue weighted by molar-refractivity contribution is 6.35. The van der Waals surface area contributed by atoms with E-state index in [9.17, 15) is 4.79 Å². The number of rotatable bonds is 3. The van der Waals surface area contributed by atoms with E-state index in [4.69, 9.17) is 38.1 Å². The Morgan fingerprint density at radius 2 is 2.00 bits per heavy atom. The molecule has 0 atom stereocenters. The highest BCUT2D eigenvalue weighted by Crippen LogP contribution is 2.36. The number of benzene rings is 2. The number of nitrogens with one attached hydrogen (secondary N) is 1. The molecular weight excluding hydrogens is 445 g/mol. The summed E-state index contributed by atoms with van der Waals surface area (Å²) in [4.78, 5) is 21.0. The third-order valence-corrected chi connectivity index (χ3v) is 5.24. The van der Waals surface area contributed by atoms with Gasteiger partial charge in [0.2, 0.25) is 5.65 Å². The summed E-state index contributed by atoms with van der Waals surface area (Å²) in [5.74, 6) is -0.541. The Morgan fingerprint density at radius 3 is 2.81 bits per heavy atom. The predicted octanol–water partition coefficient (Wildman–Crippen LogP) is 4.02. The van der Waals surface area contributed by atoms with E-state index in [2.05, 4.69) is 20.2 Å². The van der Waals surface area contributed by atoms with E-state index >= 15 is 0 Å². The summed E-state index contributed by atoms with van der Waals surface area (Å²) in [6.45, 7) is 0. The van der Waals surface area contributed by atoms with Crippen molar-refractivity contribution in [2.24, 2.45) is 12.8 Å². The molecule has 3 N–H and O–H groups in total. The summed E-state index contributed by atoms with van der Waals surface area (Å²) in [5, 5.41) is 8.39. The lowest BCUT2D eigenvalue weighted by molar-refractivity contribution is 0.0714. The number of aromatic nitrogens is 6. The number of primary amides is 1. The fraction of sp³-hybridized carbons (Fsp3) is 0.0526. The Hall–Kier alpha value is -3.76. The average molecular weight is 458 g/mol. The Balaban J connectivity index is 1.70. The van der Waals surface area contributed by atoms with Gasteiger partial charge in [-0.15, -0.1) is 0 Å². The van der Waals surface area contributed by atoms with E-state index in [1.807, 2.05) is 6.07 Å². The first-order valence-corrected chi connectivity index (χ1v) is 9.67. The van der Waals surface area contributed by atoms with Gasteiger partial charge in [-0.2, -0.15) is 10.3 Å². The van der Waals surface area contributed by atoms with Crippen molar-refractivity contribution in [3.63, 3.8) is 0 Å². The van der Waals surface area contributed by atoms with Crippen LogP contribution in [-0.2, 0) is 7.05 Å². The molecule has 0 fully saturated rings. The number of para-hydroxylation sites is 1. The molecule has 0 saturated carbocycles. The minimum atomic E-state index is -0.541. The SMILES string of the molecule is Cn1nc(-c2cccc(-n3o[nH]c4nc(Cl)cnc4o3)c2Cl)c2cccc(C(N)=O)c21. The minimum absolute atomic E-state index is 0.159. The van der Waals surface area contributed by atoms with E-state index in [0.717, 1.165) is 10.3 Å². The van der Waals surface area contributed by atoms with Crippen molar-refractivity contribution in [3.05, 3.63) is 58.3 Å².